The van der Waals surface area contributed by atoms with Gasteiger partial charge in [-0.1, -0.05) is 18.2 Å². The van der Waals surface area contributed by atoms with E-state index in [1.807, 2.05) is 48.0 Å². The molecule has 94 valence electrons. The predicted molar refractivity (Wildman–Crippen MR) is 76.0 cm³/mol. The molecule has 2 aromatic heterocycles. The third-order valence-electron chi connectivity index (χ3n) is 3.14. The van der Waals surface area contributed by atoms with Gasteiger partial charge in [-0.15, -0.1) is 0 Å². The SMILES string of the molecule is Cc1cn(-c2ccnc3ccccc23)cc1C(=O)Cl. The number of carbonyl (C=O) groups is 1. The number of fused-ring (bicyclic) bond motifs is 1. The molecule has 3 rings (SSSR count). The minimum Gasteiger partial charge on any atom is -0.322 e. The summed E-state index contributed by atoms with van der Waals surface area (Å²) in [7, 11) is 0. The van der Waals surface area contributed by atoms with Gasteiger partial charge in [0, 0.05) is 24.0 Å². The maximum Gasteiger partial charge on any atom is 0.254 e. The van der Waals surface area contributed by atoms with Crippen molar-refractivity contribution in [2.24, 2.45) is 0 Å². The summed E-state index contributed by atoms with van der Waals surface area (Å²) in [6.45, 7) is 1.87. The van der Waals surface area contributed by atoms with Gasteiger partial charge in [0.1, 0.15) is 0 Å². The molecule has 0 saturated carbocycles. The number of aromatic nitrogens is 2. The quantitative estimate of drug-likeness (QED) is 0.665. The molecule has 0 aliphatic carbocycles. The highest BCUT2D eigenvalue weighted by molar-refractivity contribution is 6.67. The number of hydrogen-bond donors (Lipinski definition) is 0. The van der Waals surface area contributed by atoms with Crippen LogP contribution in [0.1, 0.15) is 15.9 Å². The van der Waals surface area contributed by atoms with Crippen LogP contribution in [0.15, 0.2) is 48.9 Å². The van der Waals surface area contributed by atoms with E-state index in [1.54, 1.807) is 12.4 Å². The number of para-hydroxylation sites is 1. The van der Waals surface area contributed by atoms with E-state index < -0.39 is 5.24 Å². The van der Waals surface area contributed by atoms with Gasteiger partial charge in [-0.05, 0) is 36.2 Å². The Bertz CT molecular complexity index is 771. The maximum atomic E-state index is 11.3. The Morgan fingerprint density at radius 2 is 2.00 bits per heavy atom. The van der Waals surface area contributed by atoms with Gasteiger partial charge < -0.3 is 4.57 Å². The molecule has 1 aromatic carbocycles. The van der Waals surface area contributed by atoms with Crippen LogP contribution in [0.2, 0.25) is 0 Å². The van der Waals surface area contributed by atoms with Crippen molar-refractivity contribution in [3.05, 3.63) is 60.0 Å². The van der Waals surface area contributed by atoms with Gasteiger partial charge in [0.05, 0.1) is 16.8 Å². The van der Waals surface area contributed by atoms with E-state index in [4.69, 9.17) is 11.6 Å². The molecular weight excluding hydrogens is 260 g/mol. The average molecular weight is 271 g/mol. The molecule has 4 heteroatoms. The van der Waals surface area contributed by atoms with Crippen LogP contribution in [0.4, 0.5) is 0 Å². The lowest BCUT2D eigenvalue weighted by Gasteiger charge is -2.06. The highest BCUT2D eigenvalue weighted by Gasteiger charge is 2.11. The normalized spacial score (nSPS) is 10.8. The highest BCUT2D eigenvalue weighted by atomic mass is 35.5. The van der Waals surface area contributed by atoms with Crippen LogP contribution in [0, 0.1) is 6.92 Å². The van der Waals surface area contributed by atoms with E-state index >= 15 is 0 Å². The summed E-state index contributed by atoms with van der Waals surface area (Å²) in [5, 5.41) is 0.600. The summed E-state index contributed by atoms with van der Waals surface area (Å²) in [6.07, 6.45) is 5.42. The summed E-state index contributed by atoms with van der Waals surface area (Å²) in [5.74, 6) is 0. The zero-order chi connectivity index (χ0) is 13.4. The van der Waals surface area contributed by atoms with Crippen LogP contribution in [-0.4, -0.2) is 14.8 Å². The molecule has 0 aliphatic heterocycles. The van der Waals surface area contributed by atoms with E-state index in [9.17, 15) is 4.79 Å². The first kappa shape index (κ1) is 11.9. The molecule has 2 heterocycles. The van der Waals surface area contributed by atoms with Crippen molar-refractivity contribution in [3.63, 3.8) is 0 Å². The first-order chi connectivity index (χ1) is 9.16. The standard InChI is InChI=1S/C15H11ClN2O/c1-10-8-18(9-12(10)15(16)19)14-6-7-17-13-5-3-2-4-11(13)14/h2-9H,1H3. The Kier molecular flexibility index (Phi) is 2.84. The van der Waals surface area contributed by atoms with Gasteiger partial charge in [0.15, 0.2) is 0 Å². The second kappa shape index (κ2) is 4.52. The van der Waals surface area contributed by atoms with Crippen molar-refractivity contribution in [1.82, 2.24) is 9.55 Å². The molecule has 0 fully saturated rings. The first-order valence-electron chi connectivity index (χ1n) is 5.89. The lowest BCUT2D eigenvalue weighted by atomic mass is 10.2. The monoisotopic (exact) mass is 270 g/mol. The van der Waals surface area contributed by atoms with E-state index in [-0.39, 0.29) is 0 Å². The Labute approximate surface area is 115 Å². The molecule has 3 nitrogen and oxygen atoms in total. The molecule has 0 atom stereocenters. The molecule has 0 saturated heterocycles. The summed E-state index contributed by atoms with van der Waals surface area (Å²) in [4.78, 5) is 15.6. The molecular formula is C15H11ClN2O. The third-order valence-corrected chi connectivity index (χ3v) is 3.35. The molecule has 0 aliphatic rings. The lowest BCUT2D eigenvalue weighted by molar-refractivity contribution is 0.108. The number of carbonyl (C=O) groups excluding carboxylic acids is 1. The van der Waals surface area contributed by atoms with E-state index in [2.05, 4.69) is 4.98 Å². The van der Waals surface area contributed by atoms with Crippen LogP contribution >= 0.6 is 11.6 Å². The molecule has 19 heavy (non-hydrogen) atoms. The van der Waals surface area contributed by atoms with Crippen LogP contribution < -0.4 is 0 Å². The summed E-state index contributed by atoms with van der Waals surface area (Å²) >= 11 is 5.56. The zero-order valence-electron chi connectivity index (χ0n) is 10.3. The van der Waals surface area contributed by atoms with Gasteiger partial charge in [-0.2, -0.15) is 0 Å². The van der Waals surface area contributed by atoms with Gasteiger partial charge in [-0.25, -0.2) is 0 Å². The number of benzene rings is 1. The van der Waals surface area contributed by atoms with Crippen molar-refractivity contribution < 1.29 is 4.79 Å². The average Bonchev–Trinajstić information content (AvgIpc) is 2.80. The molecule has 0 spiro atoms. The molecule has 0 bridgehead atoms. The maximum absolute atomic E-state index is 11.3. The van der Waals surface area contributed by atoms with Crippen LogP contribution in [0.3, 0.4) is 0 Å². The van der Waals surface area contributed by atoms with Crippen molar-refractivity contribution in [2.75, 3.05) is 0 Å². The second-order valence-corrected chi connectivity index (χ2v) is 4.73. The fourth-order valence-electron chi connectivity index (χ4n) is 2.21. The van der Waals surface area contributed by atoms with Crippen molar-refractivity contribution in [3.8, 4) is 5.69 Å². The number of halogens is 1. The molecule has 0 radical (unpaired) electrons. The third kappa shape index (κ3) is 2.02. The Morgan fingerprint density at radius 3 is 2.74 bits per heavy atom. The smallest absolute Gasteiger partial charge is 0.254 e. The molecule has 0 unspecified atom stereocenters. The van der Waals surface area contributed by atoms with Gasteiger partial charge in [-0.3, -0.25) is 9.78 Å². The highest BCUT2D eigenvalue weighted by Crippen LogP contribution is 2.23. The van der Waals surface area contributed by atoms with Crippen molar-refractivity contribution in [2.45, 2.75) is 6.92 Å². The van der Waals surface area contributed by atoms with Gasteiger partial charge >= 0.3 is 0 Å². The fourth-order valence-corrected chi connectivity index (χ4v) is 2.40. The zero-order valence-corrected chi connectivity index (χ0v) is 11.1. The Hall–Kier alpha value is -2.13. The fraction of sp³-hybridized carbons (Fsp3) is 0.0667. The number of pyridine rings is 1. The summed E-state index contributed by atoms with van der Waals surface area (Å²) < 4.78 is 1.91. The number of hydrogen-bond acceptors (Lipinski definition) is 2. The van der Waals surface area contributed by atoms with Crippen LogP contribution in [0.25, 0.3) is 16.6 Å². The van der Waals surface area contributed by atoms with Crippen LogP contribution in [0.5, 0.6) is 0 Å². The number of nitrogens with zero attached hydrogens (tertiary/aromatic N) is 2. The van der Waals surface area contributed by atoms with Gasteiger partial charge in [0.2, 0.25) is 0 Å². The second-order valence-electron chi connectivity index (χ2n) is 4.38. The molecule has 3 aromatic rings. The van der Waals surface area contributed by atoms with Crippen molar-refractivity contribution in [1.29, 1.82) is 0 Å². The minimum absolute atomic E-state index is 0.436. The predicted octanol–water partition coefficient (Wildman–Crippen LogP) is 3.71. The number of aryl methyl sites for hydroxylation is 1. The van der Waals surface area contributed by atoms with Crippen LogP contribution in [-0.2, 0) is 0 Å². The Morgan fingerprint density at radius 1 is 1.21 bits per heavy atom. The van der Waals surface area contributed by atoms with E-state index in [0.29, 0.717) is 5.56 Å². The molecule has 0 amide bonds. The van der Waals surface area contributed by atoms with E-state index in [1.165, 1.54) is 0 Å². The van der Waals surface area contributed by atoms with Gasteiger partial charge in [0.25, 0.3) is 5.24 Å². The molecule has 0 N–H and O–H groups in total. The summed E-state index contributed by atoms with van der Waals surface area (Å²) in [6, 6.07) is 9.81. The van der Waals surface area contributed by atoms with E-state index in [0.717, 1.165) is 22.2 Å². The first-order valence-corrected chi connectivity index (χ1v) is 6.27. The van der Waals surface area contributed by atoms with Crippen molar-refractivity contribution >= 4 is 27.7 Å². The minimum atomic E-state index is -0.436. The Balaban J connectivity index is 2.25. The largest absolute Gasteiger partial charge is 0.322 e. The topological polar surface area (TPSA) is 34.9 Å². The number of rotatable bonds is 2. The lowest BCUT2D eigenvalue weighted by Crippen LogP contribution is -1.93. The summed E-state index contributed by atoms with van der Waals surface area (Å²) in [5.41, 5.74) is 3.30.